The molecule has 0 unspecified atom stereocenters. The van der Waals surface area contributed by atoms with E-state index in [2.05, 4.69) is 15.6 Å². The number of hydrogen-bond donors (Lipinski definition) is 2. The molecule has 0 aliphatic heterocycles. The fourth-order valence-corrected chi connectivity index (χ4v) is 2.83. The Morgan fingerprint density at radius 2 is 1.79 bits per heavy atom. The van der Waals surface area contributed by atoms with Crippen molar-refractivity contribution in [3.05, 3.63) is 83.2 Å². The van der Waals surface area contributed by atoms with Crippen LogP contribution in [0, 0.1) is 13.8 Å². The lowest BCUT2D eigenvalue weighted by atomic mass is 10.1. The molecule has 1 heterocycles. The van der Waals surface area contributed by atoms with Crippen LogP contribution in [0.5, 0.6) is 0 Å². The van der Waals surface area contributed by atoms with Crippen LogP contribution in [-0.4, -0.2) is 23.5 Å². The number of pyridine rings is 1. The van der Waals surface area contributed by atoms with Crippen LogP contribution < -0.4 is 10.6 Å². The number of benzene rings is 2. The predicted octanol–water partition coefficient (Wildman–Crippen LogP) is 4.87. The molecule has 2 aromatic carbocycles. The van der Waals surface area contributed by atoms with Crippen molar-refractivity contribution < 1.29 is 14.3 Å². The van der Waals surface area contributed by atoms with Gasteiger partial charge in [-0.05, 0) is 56.2 Å². The normalized spacial score (nSPS) is 10.3. The van der Waals surface area contributed by atoms with Crippen LogP contribution in [0.4, 0.5) is 17.1 Å². The number of aromatic nitrogens is 1. The largest absolute Gasteiger partial charge is 0.462 e. The van der Waals surface area contributed by atoms with Gasteiger partial charge in [0.1, 0.15) is 0 Å². The number of rotatable bonds is 6. The lowest BCUT2D eigenvalue weighted by molar-refractivity contribution is 0.0527. The summed E-state index contributed by atoms with van der Waals surface area (Å²) in [5, 5.41) is 6.07. The number of carbonyl (C=O) groups is 2. The summed E-state index contributed by atoms with van der Waals surface area (Å²) in [5.74, 6) is -0.842. The Morgan fingerprint density at radius 1 is 1.00 bits per heavy atom. The zero-order valence-corrected chi connectivity index (χ0v) is 16.7. The van der Waals surface area contributed by atoms with Crippen molar-refractivity contribution in [3.8, 4) is 0 Å². The monoisotopic (exact) mass is 389 g/mol. The number of hydrogen-bond acceptors (Lipinski definition) is 5. The average Bonchev–Trinajstić information content (AvgIpc) is 2.71. The van der Waals surface area contributed by atoms with Crippen molar-refractivity contribution in [3.63, 3.8) is 0 Å². The van der Waals surface area contributed by atoms with E-state index in [1.165, 1.54) is 6.20 Å². The minimum atomic E-state index is -0.480. The topological polar surface area (TPSA) is 80.3 Å². The third kappa shape index (κ3) is 4.99. The summed E-state index contributed by atoms with van der Waals surface area (Å²) >= 11 is 0. The van der Waals surface area contributed by atoms with E-state index in [9.17, 15) is 9.59 Å². The van der Waals surface area contributed by atoms with Crippen LogP contribution in [0.1, 0.15) is 38.8 Å². The molecule has 0 bridgehead atoms. The molecule has 3 aromatic rings. The summed E-state index contributed by atoms with van der Waals surface area (Å²) in [6, 6.07) is 14.6. The number of para-hydroxylation sites is 1. The Morgan fingerprint density at radius 3 is 2.59 bits per heavy atom. The smallest absolute Gasteiger partial charge is 0.340 e. The van der Waals surface area contributed by atoms with Crippen LogP contribution in [0.2, 0.25) is 0 Å². The van der Waals surface area contributed by atoms with E-state index in [0.717, 1.165) is 16.8 Å². The molecule has 6 heteroatoms. The first kappa shape index (κ1) is 20.1. The second-order valence-electron chi connectivity index (χ2n) is 6.63. The van der Waals surface area contributed by atoms with Gasteiger partial charge in [0.05, 0.1) is 35.3 Å². The maximum atomic E-state index is 12.7. The van der Waals surface area contributed by atoms with Crippen LogP contribution in [0.3, 0.4) is 0 Å². The van der Waals surface area contributed by atoms with Crippen LogP contribution in [0.25, 0.3) is 0 Å². The number of nitrogens with zero attached hydrogens (tertiary/aromatic N) is 1. The predicted molar refractivity (Wildman–Crippen MR) is 114 cm³/mol. The van der Waals surface area contributed by atoms with E-state index >= 15 is 0 Å². The van der Waals surface area contributed by atoms with Gasteiger partial charge < -0.3 is 15.4 Å². The zero-order valence-electron chi connectivity index (χ0n) is 16.7. The third-order valence-electron chi connectivity index (χ3n) is 4.34. The first-order valence-electron chi connectivity index (χ1n) is 9.34. The minimum Gasteiger partial charge on any atom is -0.462 e. The molecule has 29 heavy (non-hydrogen) atoms. The minimum absolute atomic E-state index is 0.261. The molecule has 0 radical (unpaired) electrons. The summed E-state index contributed by atoms with van der Waals surface area (Å²) < 4.78 is 5.05. The van der Waals surface area contributed by atoms with E-state index in [1.807, 2.05) is 32.0 Å². The summed E-state index contributed by atoms with van der Waals surface area (Å²) in [5.41, 5.74) is 4.95. The quantitative estimate of drug-likeness (QED) is 0.588. The van der Waals surface area contributed by atoms with Gasteiger partial charge in [-0.15, -0.1) is 0 Å². The molecular formula is C23H23N3O3. The van der Waals surface area contributed by atoms with Crippen molar-refractivity contribution in [2.24, 2.45) is 0 Å². The number of amides is 1. The van der Waals surface area contributed by atoms with Crippen molar-refractivity contribution in [2.45, 2.75) is 20.8 Å². The number of esters is 1. The van der Waals surface area contributed by atoms with Gasteiger partial charge in [-0.25, -0.2) is 4.79 Å². The summed E-state index contributed by atoms with van der Waals surface area (Å²) in [7, 11) is 0. The second-order valence-corrected chi connectivity index (χ2v) is 6.63. The van der Waals surface area contributed by atoms with E-state index in [4.69, 9.17) is 4.74 Å². The van der Waals surface area contributed by atoms with Gasteiger partial charge in [0.15, 0.2) is 0 Å². The number of aryl methyl sites for hydroxylation is 2. The van der Waals surface area contributed by atoms with E-state index < -0.39 is 5.97 Å². The summed E-state index contributed by atoms with van der Waals surface area (Å²) in [6.07, 6.45) is 3.14. The third-order valence-corrected chi connectivity index (χ3v) is 4.34. The lowest BCUT2D eigenvalue weighted by Gasteiger charge is -2.12. The van der Waals surface area contributed by atoms with Crippen molar-refractivity contribution in [2.75, 3.05) is 17.2 Å². The van der Waals surface area contributed by atoms with Crippen LogP contribution >= 0.6 is 0 Å². The van der Waals surface area contributed by atoms with Crippen LogP contribution in [-0.2, 0) is 4.74 Å². The van der Waals surface area contributed by atoms with Gasteiger partial charge in [-0.3, -0.25) is 9.78 Å². The van der Waals surface area contributed by atoms with Gasteiger partial charge in [0.25, 0.3) is 5.91 Å². The highest BCUT2D eigenvalue weighted by Gasteiger charge is 2.15. The standard InChI is InChI=1S/C23H23N3O3/c1-4-29-23(28)19-7-5-6-8-20(19)26-22(27)17-12-18(14-24-13-17)25-21-11-15(2)9-10-16(21)3/h5-14,25H,4H2,1-3H3,(H,26,27). The fraction of sp³-hybridized carbons (Fsp3) is 0.174. The molecule has 0 fully saturated rings. The average molecular weight is 389 g/mol. The zero-order chi connectivity index (χ0) is 20.8. The van der Waals surface area contributed by atoms with E-state index in [-0.39, 0.29) is 12.5 Å². The molecule has 1 aromatic heterocycles. The van der Waals surface area contributed by atoms with Crippen molar-refractivity contribution >= 4 is 28.9 Å². The molecule has 0 aliphatic carbocycles. The van der Waals surface area contributed by atoms with Crippen LogP contribution in [0.15, 0.2) is 60.9 Å². The van der Waals surface area contributed by atoms with E-state index in [1.54, 1.807) is 43.5 Å². The number of anilines is 3. The Labute approximate surface area is 169 Å². The molecule has 2 N–H and O–H groups in total. The molecule has 148 valence electrons. The van der Waals surface area contributed by atoms with Crippen molar-refractivity contribution in [1.82, 2.24) is 4.98 Å². The molecule has 0 saturated carbocycles. The number of carbonyl (C=O) groups excluding carboxylic acids is 2. The molecule has 0 saturated heterocycles. The van der Waals surface area contributed by atoms with Gasteiger partial charge in [0.2, 0.25) is 0 Å². The SMILES string of the molecule is CCOC(=O)c1ccccc1NC(=O)c1cncc(Nc2cc(C)ccc2C)c1. The summed E-state index contributed by atoms with van der Waals surface area (Å²) in [4.78, 5) is 29.0. The molecule has 0 aliphatic rings. The van der Waals surface area contributed by atoms with Gasteiger partial charge in [-0.2, -0.15) is 0 Å². The maximum absolute atomic E-state index is 12.7. The van der Waals surface area contributed by atoms with Gasteiger partial charge in [0, 0.05) is 11.9 Å². The first-order valence-corrected chi connectivity index (χ1v) is 9.34. The Hall–Kier alpha value is -3.67. The van der Waals surface area contributed by atoms with Gasteiger partial charge >= 0.3 is 5.97 Å². The van der Waals surface area contributed by atoms with Crippen molar-refractivity contribution in [1.29, 1.82) is 0 Å². The second kappa shape index (κ2) is 9.01. The molecule has 0 spiro atoms. The fourth-order valence-electron chi connectivity index (χ4n) is 2.83. The highest BCUT2D eigenvalue weighted by molar-refractivity contribution is 6.08. The lowest BCUT2D eigenvalue weighted by Crippen LogP contribution is -2.16. The Bertz CT molecular complexity index is 1050. The highest BCUT2D eigenvalue weighted by atomic mass is 16.5. The highest BCUT2D eigenvalue weighted by Crippen LogP contribution is 2.23. The summed E-state index contributed by atoms with van der Waals surface area (Å²) in [6.45, 7) is 6.03. The number of ether oxygens (including phenoxy) is 1. The molecule has 0 atom stereocenters. The molecule has 6 nitrogen and oxygen atoms in total. The van der Waals surface area contributed by atoms with E-state index in [0.29, 0.717) is 22.5 Å². The molecule has 1 amide bonds. The molecular weight excluding hydrogens is 366 g/mol. The Kier molecular flexibility index (Phi) is 6.24. The Balaban J connectivity index is 1.80. The van der Waals surface area contributed by atoms with Gasteiger partial charge in [-0.1, -0.05) is 24.3 Å². The molecule has 3 rings (SSSR count). The first-order chi connectivity index (χ1) is 14.0. The number of nitrogens with one attached hydrogen (secondary N) is 2. The maximum Gasteiger partial charge on any atom is 0.340 e.